The fraction of sp³-hybridized carbons (Fsp3) is 0.462. The van der Waals surface area contributed by atoms with Crippen molar-refractivity contribution in [2.75, 3.05) is 6.61 Å². The van der Waals surface area contributed by atoms with Crippen molar-refractivity contribution in [3.63, 3.8) is 0 Å². The van der Waals surface area contributed by atoms with Crippen molar-refractivity contribution in [2.45, 2.75) is 31.2 Å². The van der Waals surface area contributed by atoms with E-state index in [1.165, 1.54) is 0 Å². The van der Waals surface area contributed by atoms with Crippen LogP contribution in [0.15, 0.2) is 17.3 Å². The van der Waals surface area contributed by atoms with Gasteiger partial charge in [-0.25, -0.2) is 4.98 Å². The third kappa shape index (κ3) is 3.08. The summed E-state index contributed by atoms with van der Waals surface area (Å²) in [6.07, 6.45) is 5.12. The molecule has 6 heteroatoms. The number of pyridine rings is 1. The number of rotatable bonds is 3. The van der Waals surface area contributed by atoms with Crippen LogP contribution in [0.1, 0.15) is 24.8 Å². The highest BCUT2D eigenvalue weighted by Gasteiger charge is 2.43. The van der Waals surface area contributed by atoms with E-state index in [-0.39, 0.29) is 11.5 Å². The van der Waals surface area contributed by atoms with Gasteiger partial charge in [-0.1, -0.05) is 11.6 Å². The molecule has 2 aliphatic rings. The first-order chi connectivity index (χ1) is 9.06. The molecule has 1 aliphatic heterocycles. The summed E-state index contributed by atoms with van der Waals surface area (Å²) in [7, 11) is 0. The molecule has 1 saturated carbocycles. The Labute approximate surface area is 129 Å². The SMILES string of the molecule is O=C1CC(=NC2(Cc3cnc(Cl)c(I)c3)CC2)CO1. The van der Waals surface area contributed by atoms with Gasteiger partial charge in [0.25, 0.3) is 0 Å². The summed E-state index contributed by atoms with van der Waals surface area (Å²) >= 11 is 8.10. The van der Waals surface area contributed by atoms with Crippen molar-refractivity contribution in [2.24, 2.45) is 4.99 Å². The van der Waals surface area contributed by atoms with Gasteiger partial charge >= 0.3 is 5.97 Å². The lowest BCUT2D eigenvalue weighted by molar-refractivity contribution is -0.137. The van der Waals surface area contributed by atoms with Crippen molar-refractivity contribution in [1.82, 2.24) is 4.98 Å². The van der Waals surface area contributed by atoms with Crippen molar-refractivity contribution < 1.29 is 9.53 Å². The molecule has 0 aromatic carbocycles. The van der Waals surface area contributed by atoms with Crippen LogP contribution in [0.4, 0.5) is 0 Å². The molecule has 3 rings (SSSR count). The maximum atomic E-state index is 11.1. The third-order valence-electron chi connectivity index (χ3n) is 3.36. The molecule has 19 heavy (non-hydrogen) atoms. The molecule has 100 valence electrons. The number of hydrogen-bond donors (Lipinski definition) is 0. The Kier molecular flexibility index (Phi) is 3.51. The second-order valence-corrected chi connectivity index (χ2v) is 6.55. The number of aliphatic imine (C=N–C) groups is 1. The van der Waals surface area contributed by atoms with Crippen LogP contribution in [-0.2, 0) is 16.0 Å². The zero-order valence-corrected chi connectivity index (χ0v) is 13.1. The molecule has 0 amide bonds. The summed E-state index contributed by atoms with van der Waals surface area (Å²) in [6, 6.07) is 2.05. The molecule has 2 heterocycles. The number of carbonyl (C=O) groups is 1. The molecule has 0 N–H and O–H groups in total. The number of cyclic esters (lactones) is 1. The molecule has 4 nitrogen and oxygen atoms in total. The van der Waals surface area contributed by atoms with E-state index in [1.54, 1.807) is 6.20 Å². The first kappa shape index (κ1) is 13.3. The molecule has 1 aromatic rings. The molecule has 0 bridgehead atoms. The molecule has 0 radical (unpaired) electrons. The normalized spacial score (nSPS) is 22.6. The van der Waals surface area contributed by atoms with Crippen LogP contribution in [0.3, 0.4) is 0 Å². The number of nitrogens with zero attached hydrogens (tertiary/aromatic N) is 2. The number of aromatic nitrogens is 1. The van der Waals surface area contributed by atoms with E-state index in [0.717, 1.165) is 34.1 Å². The van der Waals surface area contributed by atoms with Gasteiger partial charge < -0.3 is 4.74 Å². The lowest BCUT2D eigenvalue weighted by Gasteiger charge is -2.11. The van der Waals surface area contributed by atoms with E-state index < -0.39 is 0 Å². The van der Waals surface area contributed by atoms with Crippen molar-refractivity contribution in [3.8, 4) is 0 Å². The van der Waals surface area contributed by atoms with Crippen LogP contribution in [0, 0.1) is 3.57 Å². The van der Waals surface area contributed by atoms with Gasteiger partial charge in [0.15, 0.2) is 0 Å². The number of hydrogen-bond acceptors (Lipinski definition) is 4. The summed E-state index contributed by atoms with van der Waals surface area (Å²) < 4.78 is 5.88. The number of esters is 1. The van der Waals surface area contributed by atoms with Gasteiger partial charge in [0.2, 0.25) is 0 Å². The fourth-order valence-corrected chi connectivity index (χ4v) is 2.89. The quantitative estimate of drug-likeness (QED) is 0.453. The monoisotopic (exact) mass is 390 g/mol. The third-order valence-corrected chi connectivity index (χ3v) is 4.80. The highest BCUT2D eigenvalue weighted by Crippen LogP contribution is 2.43. The van der Waals surface area contributed by atoms with E-state index >= 15 is 0 Å². The highest BCUT2D eigenvalue weighted by molar-refractivity contribution is 14.1. The van der Waals surface area contributed by atoms with Crippen LogP contribution in [0.2, 0.25) is 5.15 Å². The number of ether oxygens (including phenoxy) is 1. The molecular formula is C13H12ClIN2O2. The van der Waals surface area contributed by atoms with Gasteiger partial charge in [0, 0.05) is 6.20 Å². The molecule has 1 aliphatic carbocycles. The summed E-state index contributed by atoms with van der Waals surface area (Å²) in [6.45, 7) is 0.358. The predicted molar refractivity (Wildman–Crippen MR) is 80.6 cm³/mol. The minimum absolute atomic E-state index is 0.0398. The number of carbonyl (C=O) groups excluding carboxylic acids is 1. The standard InChI is InChI=1S/C13H12ClIN2O2/c14-12-10(15)3-8(6-16-12)5-13(1-2-13)17-9-4-11(18)19-7-9/h3,6H,1-2,4-5,7H2. The number of halogens is 2. The van der Waals surface area contributed by atoms with Gasteiger partial charge in [-0.15, -0.1) is 0 Å². The highest BCUT2D eigenvalue weighted by atomic mass is 127. The lowest BCUT2D eigenvalue weighted by Crippen LogP contribution is -2.14. The molecule has 0 unspecified atom stereocenters. The van der Waals surface area contributed by atoms with E-state index in [0.29, 0.717) is 18.2 Å². The smallest absolute Gasteiger partial charge is 0.312 e. The van der Waals surface area contributed by atoms with Crippen LogP contribution in [0.5, 0.6) is 0 Å². The summed E-state index contributed by atoms with van der Waals surface area (Å²) in [5.74, 6) is -0.169. The first-order valence-corrected chi connectivity index (χ1v) is 7.55. The second kappa shape index (κ2) is 5.01. The predicted octanol–water partition coefficient (Wildman–Crippen LogP) is 2.80. The second-order valence-electron chi connectivity index (χ2n) is 5.03. The Morgan fingerprint density at radius 2 is 2.32 bits per heavy atom. The van der Waals surface area contributed by atoms with Crippen LogP contribution in [-0.4, -0.2) is 28.8 Å². The Balaban J connectivity index is 1.75. The average Bonchev–Trinajstić information content (AvgIpc) is 2.98. The summed E-state index contributed by atoms with van der Waals surface area (Å²) in [5.41, 5.74) is 1.97. The van der Waals surface area contributed by atoms with Crippen molar-refractivity contribution >= 4 is 45.9 Å². The summed E-state index contributed by atoms with van der Waals surface area (Å²) in [5, 5.41) is 0.537. The minimum atomic E-state index is -0.169. The molecule has 0 atom stereocenters. The Morgan fingerprint density at radius 3 is 2.89 bits per heavy atom. The van der Waals surface area contributed by atoms with Crippen molar-refractivity contribution in [3.05, 3.63) is 26.5 Å². The molecule has 1 aromatic heterocycles. The van der Waals surface area contributed by atoms with Crippen molar-refractivity contribution in [1.29, 1.82) is 0 Å². The van der Waals surface area contributed by atoms with Gasteiger partial charge in [-0.3, -0.25) is 9.79 Å². The topological polar surface area (TPSA) is 51.5 Å². The fourth-order valence-electron chi connectivity index (χ4n) is 2.25. The Bertz CT molecular complexity index is 570. The molecule has 1 saturated heterocycles. The minimum Gasteiger partial charge on any atom is -0.459 e. The molecule has 2 fully saturated rings. The van der Waals surface area contributed by atoms with Crippen LogP contribution < -0.4 is 0 Å². The zero-order valence-electron chi connectivity index (χ0n) is 10.2. The molecule has 0 spiro atoms. The molecular weight excluding hydrogens is 379 g/mol. The van der Waals surface area contributed by atoms with E-state index in [2.05, 4.69) is 27.6 Å². The van der Waals surface area contributed by atoms with Gasteiger partial charge in [0.1, 0.15) is 11.8 Å². The van der Waals surface area contributed by atoms with Crippen LogP contribution in [0.25, 0.3) is 0 Å². The van der Waals surface area contributed by atoms with E-state index in [9.17, 15) is 4.79 Å². The van der Waals surface area contributed by atoms with Gasteiger partial charge in [-0.05, 0) is 53.5 Å². The van der Waals surface area contributed by atoms with E-state index in [1.807, 2.05) is 6.07 Å². The van der Waals surface area contributed by atoms with Crippen LogP contribution >= 0.6 is 34.2 Å². The lowest BCUT2D eigenvalue weighted by atomic mass is 10.1. The first-order valence-electron chi connectivity index (χ1n) is 6.09. The Morgan fingerprint density at radius 1 is 1.53 bits per heavy atom. The maximum absolute atomic E-state index is 11.1. The largest absolute Gasteiger partial charge is 0.459 e. The van der Waals surface area contributed by atoms with E-state index in [4.69, 9.17) is 21.3 Å². The summed E-state index contributed by atoms with van der Waals surface area (Å²) in [4.78, 5) is 20.0. The maximum Gasteiger partial charge on any atom is 0.312 e. The zero-order chi connectivity index (χ0) is 13.5. The van der Waals surface area contributed by atoms with Gasteiger partial charge in [0.05, 0.1) is 21.2 Å². The van der Waals surface area contributed by atoms with Gasteiger partial charge in [-0.2, -0.15) is 0 Å². The average molecular weight is 391 g/mol. The Hall–Kier alpha value is -0.690.